The molecule has 1 aliphatic rings. The van der Waals surface area contributed by atoms with Gasteiger partial charge in [0.15, 0.2) is 0 Å². The van der Waals surface area contributed by atoms with Crippen molar-refractivity contribution in [3.63, 3.8) is 0 Å². The molecule has 1 aliphatic heterocycles. The fraction of sp³-hybridized carbons (Fsp3) is 0.440. The number of carbonyl (C=O) groups excluding carboxylic acids is 1. The molecule has 2 aromatic heterocycles. The molecule has 3 heterocycles. The zero-order valence-corrected chi connectivity index (χ0v) is 22.9. The van der Waals surface area contributed by atoms with Gasteiger partial charge in [0.2, 0.25) is 25.8 Å². The molecular weight excluding hydrogens is 535 g/mol. The summed E-state index contributed by atoms with van der Waals surface area (Å²) in [5.41, 5.74) is 7.03. The first-order valence-corrected chi connectivity index (χ1v) is 15.8. The number of fused-ring (bicyclic) bond motifs is 1. The Hall–Kier alpha value is -3.03. The van der Waals surface area contributed by atoms with Crippen molar-refractivity contribution in [2.45, 2.75) is 39.0 Å². The molecule has 0 saturated carbocycles. The van der Waals surface area contributed by atoms with Crippen LogP contribution >= 0.6 is 0 Å². The van der Waals surface area contributed by atoms with E-state index >= 15 is 0 Å². The van der Waals surface area contributed by atoms with Crippen LogP contribution in [0.15, 0.2) is 34.7 Å². The zero-order valence-electron chi connectivity index (χ0n) is 21.3. The molecule has 10 nitrogen and oxygen atoms in total. The van der Waals surface area contributed by atoms with Gasteiger partial charge in [-0.1, -0.05) is 19.1 Å². The molecule has 0 unspecified atom stereocenters. The van der Waals surface area contributed by atoms with Crippen molar-refractivity contribution in [1.82, 2.24) is 9.29 Å². The Kier molecular flexibility index (Phi) is 8.09. The third kappa shape index (κ3) is 6.00. The van der Waals surface area contributed by atoms with E-state index in [4.69, 9.17) is 10.2 Å². The maximum atomic E-state index is 13.3. The lowest BCUT2D eigenvalue weighted by atomic mass is 10.0. The number of nitrogens with two attached hydrogens (primary N) is 1. The third-order valence-corrected chi connectivity index (χ3v) is 9.69. The van der Waals surface area contributed by atoms with Crippen LogP contribution in [-0.2, 0) is 32.9 Å². The highest BCUT2D eigenvalue weighted by Crippen LogP contribution is 2.32. The van der Waals surface area contributed by atoms with E-state index in [0.717, 1.165) is 23.4 Å². The Balaban J connectivity index is 1.70. The van der Waals surface area contributed by atoms with Crippen molar-refractivity contribution in [3.05, 3.63) is 58.6 Å². The molecule has 13 heteroatoms. The number of hydrogen-bond donors (Lipinski definition) is 1. The first-order valence-electron chi connectivity index (χ1n) is 12.4. The van der Waals surface area contributed by atoms with Crippen LogP contribution < -0.4 is 10.0 Å². The molecule has 2 N–H and O–H groups in total. The lowest BCUT2D eigenvalue weighted by Gasteiger charge is -2.24. The minimum Gasteiger partial charge on any atom is -0.441 e. The normalized spacial score (nSPS) is 14.8. The zero-order chi connectivity index (χ0) is 27.7. The van der Waals surface area contributed by atoms with Crippen molar-refractivity contribution < 1.29 is 30.4 Å². The predicted molar refractivity (Wildman–Crippen MR) is 143 cm³/mol. The molecule has 206 valence electrons. The van der Waals surface area contributed by atoms with Gasteiger partial charge in [-0.05, 0) is 55.0 Å². The van der Waals surface area contributed by atoms with Gasteiger partial charge in [-0.25, -0.2) is 25.5 Å². The Labute approximate surface area is 221 Å². The summed E-state index contributed by atoms with van der Waals surface area (Å²) in [4.78, 5) is 16.8. The topological polar surface area (TPSA) is 144 Å². The van der Waals surface area contributed by atoms with E-state index in [1.54, 1.807) is 18.2 Å². The minimum atomic E-state index is -3.83. The Morgan fingerprint density at radius 3 is 2.39 bits per heavy atom. The average Bonchev–Trinajstić information content (AvgIpc) is 3.50. The summed E-state index contributed by atoms with van der Waals surface area (Å²) < 4.78 is 72.6. The van der Waals surface area contributed by atoms with Gasteiger partial charge in [0.1, 0.15) is 17.4 Å². The van der Waals surface area contributed by atoms with Crippen LogP contribution in [0.4, 0.5) is 10.2 Å². The maximum Gasteiger partial charge on any atom is 0.252 e. The predicted octanol–water partition coefficient (Wildman–Crippen LogP) is 2.80. The monoisotopic (exact) mass is 566 g/mol. The van der Waals surface area contributed by atoms with E-state index in [9.17, 15) is 26.0 Å². The van der Waals surface area contributed by atoms with Gasteiger partial charge in [0.05, 0.1) is 23.0 Å². The number of halogens is 1. The number of nitrogens with zero attached hydrogens (tertiary/aromatic N) is 3. The molecule has 1 amide bonds. The molecule has 0 atom stereocenters. The Morgan fingerprint density at radius 2 is 1.82 bits per heavy atom. The number of benzene rings is 1. The van der Waals surface area contributed by atoms with Gasteiger partial charge in [-0.15, -0.1) is 0 Å². The summed E-state index contributed by atoms with van der Waals surface area (Å²) in [5.74, 6) is -0.976. The van der Waals surface area contributed by atoms with Gasteiger partial charge in [-0.2, -0.15) is 4.98 Å². The second kappa shape index (κ2) is 11.0. The van der Waals surface area contributed by atoms with E-state index in [-0.39, 0.29) is 48.0 Å². The molecule has 0 bridgehead atoms. The van der Waals surface area contributed by atoms with Crippen LogP contribution in [0.5, 0.6) is 0 Å². The molecule has 0 aliphatic carbocycles. The standard InChI is InChI=1S/C25H31FN4O6S2/c1-3-18-16-20-22(23(27)31)21(15-17-7-9-19(26)10-8-17)36-25(20)28-24(18)30(37(2,32)33)13-6-14-38(34,35)29-11-4-5-12-29/h7-10,16H,3-6,11-15H2,1-2H3,(H2,27,31). The highest BCUT2D eigenvalue weighted by Gasteiger charge is 2.29. The van der Waals surface area contributed by atoms with Gasteiger partial charge < -0.3 is 10.2 Å². The second-order valence-electron chi connectivity index (χ2n) is 9.36. The first kappa shape index (κ1) is 28.0. The second-order valence-corrected chi connectivity index (χ2v) is 13.4. The van der Waals surface area contributed by atoms with Crippen LogP contribution in [0.3, 0.4) is 0 Å². The van der Waals surface area contributed by atoms with Crippen molar-refractivity contribution in [3.8, 4) is 0 Å². The first-order chi connectivity index (χ1) is 17.9. The summed E-state index contributed by atoms with van der Waals surface area (Å²) in [7, 11) is -7.31. The molecule has 1 fully saturated rings. The summed E-state index contributed by atoms with van der Waals surface area (Å²) in [5, 5.41) is 0.347. The van der Waals surface area contributed by atoms with E-state index in [1.807, 2.05) is 6.92 Å². The summed E-state index contributed by atoms with van der Waals surface area (Å²) >= 11 is 0. The van der Waals surface area contributed by atoms with Crippen molar-refractivity contribution in [2.24, 2.45) is 5.73 Å². The van der Waals surface area contributed by atoms with Crippen molar-refractivity contribution >= 4 is 42.9 Å². The van der Waals surface area contributed by atoms with E-state index in [1.165, 1.54) is 16.4 Å². The Morgan fingerprint density at radius 1 is 1.16 bits per heavy atom. The Bertz CT molecular complexity index is 1550. The van der Waals surface area contributed by atoms with E-state index in [2.05, 4.69) is 4.98 Å². The molecule has 0 spiro atoms. The quantitative estimate of drug-likeness (QED) is 0.376. The largest absolute Gasteiger partial charge is 0.441 e. The smallest absolute Gasteiger partial charge is 0.252 e. The number of hydrogen-bond acceptors (Lipinski definition) is 7. The number of sulfonamides is 2. The molecule has 4 rings (SSSR count). The van der Waals surface area contributed by atoms with Crippen LogP contribution in [-0.4, -0.2) is 63.7 Å². The number of pyridine rings is 1. The number of anilines is 1. The number of furan rings is 1. The van der Waals surface area contributed by atoms with E-state index in [0.29, 0.717) is 36.0 Å². The number of carbonyl (C=O) groups is 1. The molecule has 0 radical (unpaired) electrons. The average molecular weight is 567 g/mol. The highest BCUT2D eigenvalue weighted by molar-refractivity contribution is 7.92. The van der Waals surface area contributed by atoms with Gasteiger partial charge in [0, 0.05) is 26.1 Å². The van der Waals surface area contributed by atoms with Crippen LogP contribution in [0, 0.1) is 5.82 Å². The summed E-state index contributed by atoms with van der Waals surface area (Å²) in [6.45, 7) is 2.69. The molecule has 1 saturated heterocycles. The van der Waals surface area contributed by atoms with Crippen molar-refractivity contribution in [2.75, 3.05) is 35.9 Å². The number of amides is 1. The number of aryl methyl sites for hydroxylation is 1. The van der Waals surface area contributed by atoms with Gasteiger partial charge in [0.25, 0.3) is 5.91 Å². The summed E-state index contributed by atoms with van der Waals surface area (Å²) in [6.07, 6.45) is 3.28. The SMILES string of the molecule is CCc1cc2c(C(N)=O)c(Cc3ccc(F)cc3)oc2nc1N(CCCS(=O)(=O)N1CCCC1)S(C)(=O)=O. The minimum absolute atomic E-state index is 0.0291. The van der Waals surface area contributed by atoms with Crippen molar-refractivity contribution in [1.29, 1.82) is 0 Å². The van der Waals surface area contributed by atoms with Crippen LogP contribution in [0.2, 0.25) is 0 Å². The van der Waals surface area contributed by atoms with Crippen LogP contribution in [0.25, 0.3) is 11.1 Å². The maximum absolute atomic E-state index is 13.3. The number of primary amides is 1. The third-order valence-electron chi connectivity index (χ3n) is 6.58. The van der Waals surface area contributed by atoms with E-state index < -0.39 is 31.8 Å². The lowest BCUT2D eigenvalue weighted by molar-refractivity contribution is 0.1000. The van der Waals surface area contributed by atoms with Crippen LogP contribution in [0.1, 0.15) is 53.4 Å². The summed E-state index contributed by atoms with van der Waals surface area (Å²) in [6, 6.07) is 7.34. The number of rotatable bonds is 11. The fourth-order valence-electron chi connectivity index (χ4n) is 4.68. The molecule has 3 aromatic rings. The molecule has 1 aromatic carbocycles. The fourth-order valence-corrected chi connectivity index (χ4v) is 7.18. The van der Waals surface area contributed by atoms with Gasteiger partial charge in [-0.3, -0.25) is 9.10 Å². The molecular formula is C25H31FN4O6S2. The van der Waals surface area contributed by atoms with Gasteiger partial charge >= 0.3 is 0 Å². The molecule has 38 heavy (non-hydrogen) atoms. The number of aromatic nitrogens is 1. The lowest BCUT2D eigenvalue weighted by Crippen LogP contribution is -2.35. The highest BCUT2D eigenvalue weighted by atomic mass is 32.2.